The Morgan fingerprint density at radius 1 is 0.957 bits per heavy atom. The van der Waals surface area contributed by atoms with Crippen molar-refractivity contribution in [2.45, 2.75) is 59.0 Å². The third-order valence-corrected chi connectivity index (χ3v) is 6.46. The highest BCUT2D eigenvalue weighted by Gasteiger charge is 2.38. The molecule has 0 bridgehead atoms. The number of halogens is 3. The van der Waals surface area contributed by atoms with Crippen LogP contribution in [0.3, 0.4) is 0 Å². The first-order valence-corrected chi connectivity index (χ1v) is 15.0. The summed E-state index contributed by atoms with van der Waals surface area (Å²) in [5.74, 6) is -0.500. The minimum Gasteiger partial charge on any atom is -0.493 e. The fourth-order valence-corrected chi connectivity index (χ4v) is 4.37. The number of anilines is 2. The minimum atomic E-state index is -5.08. The summed E-state index contributed by atoms with van der Waals surface area (Å²) < 4.78 is 49.5. The maximum absolute atomic E-state index is 13.8. The highest BCUT2D eigenvalue weighted by Crippen LogP contribution is 2.33. The zero-order valence-electron chi connectivity index (χ0n) is 26.6. The fraction of sp³-hybridized carbons (Fsp3) is 0.324. The second kappa shape index (κ2) is 16.9. The van der Waals surface area contributed by atoms with Crippen molar-refractivity contribution in [3.05, 3.63) is 84.1 Å². The molecule has 3 aromatic carbocycles. The van der Waals surface area contributed by atoms with Crippen LogP contribution in [0, 0.1) is 0 Å². The van der Waals surface area contributed by atoms with Crippen molar-refractivity contribution in [1.82, 2.24) is 10.3 Å². The van der Waals surface area contributed by atoms with E-state index in [0.717, 1.165) is 39.8 Å². The third kappa shape index (κ3) is 10.7. The van der Waals surface area contributed by atoms with Gasteiger partial charge in [-0.2, -0.15) is 13.2 Å². The van der Waals surface area contributed by atoms with Crippen molar-refractivity contribution in [1.29, 1.82) is 0 Å². The molecule has 47 heavy (non-hydrogen) atoms. The molecule has 0 saturated carbocycles. The van der Waals surface area contributed by atoms with Crippen LogP contribution in [-0.4, -0.2) is 47.5 Å². The van der Waals surface area contributed by atoms with Gasteiger partial charge in [-0.25, -0.2) is 9.78 Å². The number of nitrogens with one attached hydrogen (secondary N) is 2. The topological polar surface area (TPSA) is 145 Å². The second-order valence-corrected chi connectivity index (χ2v) is 10.5. The quantitative estimate of drug-likeness (QED) is 0.121. The highest BCUT2D eigenvalue weighted by molar-refractivity contribution is 5.94. The Morgan fingerprint density at radius 3 is 2.34 bits per heavy atom. The van der Waals surface area contributed by atoms with Gasteiger partial charge >= 0.3 is 12.1 Å². The average Bonchev–Trinajstić information content (AvgIpc) is 3.02. The number of ether oxygens (including phenoxy) is 3. The zero-order chi connectivity index (χ0) is 34.6. The molecule has 1 heterocycles. The number of hydrogen-bond acceptors (Lipinski definition) is 8. The number of amides is 1. The number of carbonyl (C=O) groups excluding carboxylic acids is 1. The summed E-state index contributed by atoms with van der Waals surface area (Å²) >= 11 is 0. The molecule has 0 saturated heterocycles. The Kier molecular flexibility index (Phi) is 13.1. The first-order chi connectivity index (χ1) is 22.3. The number of para-hydroxylation sites is 1. The summed E-state index contributed by atoms with van der Waals surface area (Å²) in [5.41, 5.74) is 8.46. The molecule has 13 heteroatoms. The SMILES string of the molecule is CCCOc1ccccc1CNC(=O)C(Nc1ccc2c(N)nccc2c1)c1ccc(OC(C)C)c(OCC)c1.O=C(O)C(F)(F)F. The monoisotopic (exact) mass is 656 g/mol. The van der Waals surface area contributed by atoms with Crippen LogP contribution < -0.4 is 30.6 Å². The van der Waals surface area contributed by atoms with Crippen molar-refractivity contribution in [2.75, 3.05) is 24.3 Å². The van der Waals surface area contributed by atoms with E-state index in [0.29, 0.717) is 37.1 Å². The lowest BCUT2D eigenvalue weighted by atomic mass is 10.0. The number of nitrogens with zero attached hydrogens (tertiary/aromatic N) is 1. The van der Waals surface area contributed by atoms with Gasteiger partial charge in [0.1, 0.15) is 17.6 Å². The van der Waals surface area contributed by atoms with E-state index in [1.165, 1.54) is 0 Å². The Balaban J connectivity index is 0.000000771. The number of rotatable bonds is 13. The number of carbonyl (C=O) groups is 2. The number of aliphatic carboxylic acids is 1. The van der Waals surface area contributed by atoms with Gasteiger partial charge in [-0.15, -0.1) is 0 Å². The molecule has 1 unspecified atom stereocenters. The van der Waals surface area contributed by atoms with Crippen LogP contribution in [0.5, 0.6) is 17.2 Å². The molecule has 1 amide bonds. The van der Waals surface area contributed by atoms with Crippen molar-refractivity contribution in [3.8, 4) is 17.2 Å². The maximum Gasteiger partial charge on any atom is 0.490 e. The molecular weight excluding hydrogens is 617 g/mol. The van der Waals surface area contributed by atoms with E-state index in [2.05, 4.69) is 22.5 Å². The molecule has 10 nitrogen and oxygen atoms in total. The van der Waals surface area contributed by atoms with Gasteiger partial charge in [0.05, 0.1) is 19.3 Å². The molecule has 4 rings (SSSR count). The van der Waals surface area contributed by atoms with E-state index in [4.69, 9.17) is 29.8 Å². The number of nitrogen functional groups attached to an aromatic ring is 1. The molecular formula is C34H39F3N4O6. The van der Waals surface area contributed by atoms with Crippen LogP contribution in [0.4, 0.5) is 24.7 Å². The molecule has 0 aliphatic carbocycles. The Bertz CT molecular complexity index is 1650. The highest BCUT2D eigenvalue weighted by atomic mass is 19.4. The second-order valence-electron chi connectivity index (χ2n) is 10.5. The van der Waals surface area contributed by atoms with Crippen LogP contribution >= 0.6 is 0 Å². The molecule has 0 spiro atoms. The van der Waals surface area contributed by atoms with Crippen molar-refractivity contribution in [3.63, 3.8) is 0 Å². The predicted molar refractivity (Wildman–Crippen MR) is 174 cm³/mol. The molecule has 1 aromatic heterocycles. The van der Waals surface area contributed by atoms with Crippen molar-refractivity contribution >= 4 is 34.2 Å². The maximum atomic E-state index is 13.8. The first kappa shape index (κ1) is 36.3. The number of aromatic nitrogens is 1. The summed E-state index contributed by atoms with van der Waals surface area (Å²) in [7, 11) is 0. The standard InChI is InChI=1S/C32H38N4O4.C2HF3O2/c1-5-17-39-27-10-8-7-9-24(27)20-35-32(37)30(23-11-14-28(40-21(3)4)29(19-23)38-6-2)36-25-12-13-26-22(18-25)15-16-34-31(26)33;3-2(4,5)1(6)7/h7-16,18-19,21,30,36H,5-6,17,20H2,1-4H3,(H2,33,34)(H,35,37);(H,6,7). The lowest BCUT2D eigenvalue weighted by Gasteiger charge is -2.23. The number of alkyl halides is 3. The molecule has 4 aromatic rings. The summed E-state index contributed by atoms with van der Waals surface area (Å²) in [5, 5.41) is 15.4. The predicted octanol–water partition coefficient (Wildman–Crippen LogP) is 6.89. The summed E-state index contributed by atoms with van der Waals surface area (Å²) in [6, 6.07) is 20.3. The third-order valence-electron chi connectivity index (χ3n) is 6.46. The smallest absolute Gasteiger partial charge is 0.490 e. The Hall–Kier alpha value is -5.20. The Labute approximate surface area is 271 Å². The fourth-order valence-electron chi connectivity index (χ4n) is 4.37. The van der Waals surface area contributed by atoms with E-state index in [9.17, 15) is 18.0 Å². The van der Waals surface area contributed by atoms with E-state index >= 15 is 0 Å². The molecule has 0 fully saturated rings. The van der Waals surface area contributed by atoms with Crippen LogP contribution in [0.15, 0.2) is 72.9 Å². The van der Waals surface area contributed by atoms with E-state index < -0.39 is 18.2 Å². The molecule has 252 valence electrons. The largest absolute Gasteiger partial charge is 0.493 e. The van der Waals surface area contributed by atoms with Gasteiger partial charge in [0, 0.05) is 29.4 Å². The van der Waals surface area contributed by atoms with Gasteiger partial charge in [-0.05, 0) is 80.6 Å². The van der Waals surface area contributed by atoms with E-state index in [1.54, 1.807) is 6.20 Å². The Morgan fingerprint density at radius 2 is 1.68 bits per heavy atom. The molecule has 0 radical (unpaired) electrons. The van der Waals surface area contributed by atoms with Crippen molar-refractivity contribution in [2.24, 2.45) is 0 Å². The van der Waals surface area contributed by atoms with Gasteiger partial charge in [0.2, 0.25) is 5.91 Å². The average molecular weight is 657 g/mol. The lowest BCUT2D eigenvalue weighted by molar-refractivity contribution is -0.192. The molecule has 0 aliphatic heterocycles. The number of benzene rings is 3. The summed E-state index contributed by atoms with van der Waals surface area (Å²) in [4.78, 5) is 26.8. The van der Waals surface area contributed by atoms with Gasteiger partial charge < -0.3 is 35.7 Å². The number of carboxylic acid groups (broad SMARTS) is 1. The normalized spacial score (nSPS) is 11.7. The minimum absolute atomic E-state index is 0.0169. The van der Waals surface area contributed by atoms with Gasteiger partial charge in [0.15, 0.2) is 11.5 Å². The lowest BCUT2D eigenvalue weighted by Crippen LogP contribution is -2.33. The summed E-state index contributed by atoms with van der Waals surface area (Å²) in [6.07, 6.45) is -2.53. The van der Waals surface area contributed by atoms with E-state index in [-0.39, 0.29) is 12.0 Å². The van der Waals surface area contributed by atoms with Gasteiger partial charge in [0.25, 0.3) is 0 Å². The number of nitrogens with two attached hydrogens (primary N) is 1. The van der Waals surface area contributed by atoms with Gasteiger partial charge in [-0.3, -0.25) is 4.79 Å². The zero-order valence-corrected chi connectivity index (χ0v) is 26.6. The van der Waals surface area contributed by atoms with Crippen LogP contribution in [0.2, 0.25) is 0 Å². The number of pyridine rings is 1. The van der Waals surface area contributed by atoms with Crippen LogP contribution in [0.1, 0.15) is 51.3 Å². The molecule has 1 atom stereocenters. The first-order valence-electron chi connectivity index (χ1n) is 15.0. The molecule has 0 aliphatic rings. The van der Waals surface area contributed by atoms with Gasteiger partial charge in [-0.1, -0.05) is 31.2 Å². The van der Waals surface area contributed by atoms with Crippen molar-refractivity contribution < 1.29 is 42.1 Å². The summed E-state index contributed by atoms with van der Waals surface area (Å²) in [6.45, 7) is 9.31. The van der Waals surface area contributed by atoms with Crippen LogP contribution in [-0.2, 0) is 16.1 Å². The van der Waals surface area contributed by atoms with Crippen LogP contribution in [0.25, 0.3) is 10.8 Å². The van der Waals surface area contributed by atoms with E-state index in [1.807, 2.05) is 87.5 Å². The molecule has 5 N–H and O–H groups in total. The number of hydrogen-bond donors (Lipinski definition) is 4. The number of fused-ring (bicyclic) bond motifs is 1. The number of carboxylic acids is 1.